The number of pyridine rings is 5. The van der Waals surface area contributed by atoms with Gasteiger partial charge in [0, 0.05) is 176 Å². The Balaban J connectivity index is 0.000000136. The first-order valence-electron chi connectivity index (χ1n) is 55.4. The van der Waals surface area contributed by atoms with Crippen molar-refractivity contribution in [2.45, 2.75) is 363 Å². The summed E-state index contributed by atoms with van der Waals surface area (Å²) in [6.45, 7) is 3.70. The van der Waals surface area contributed by atoms with Crippen molar-refractivity contribution in [3.8, 4) is 28.7 Å². The lowest BCUT2D eigenvalue weighted by Crippen LogP contribution is -2.46. The van der Waals surface area contributed by atoms with Gasteiger partial charge in [-0.3, -0.25) is 24.9 Å². The summed E-state index contributed by atoms with van der Waals surface area (Å²) in [4.78, 5) is 40.9. The lowest BCUT2D eigenvalue weighted by atomic mass is 9.67. The van der Waals surface area contributed by atoms with Crippen LogP contribution in [0.3, 0.4) is 0 Å². The molecule has 5 saturated heterocycles. The molecular weight excluding hydrogens is 1820 g/mol. The van der Waals surface area contributed by atoms with Crippen LogP contribution in [0.2, 0.25) is 0 Å². The molecule has 0 radical (unpaired) electrons. The number of rotatable bonds is 33. The number of aromatic nitrogens is 5. The van der Waals surface area contributed by atoms with Gasteiger partial charge in [-0.25, -0.2) is 0 Å². The van der Waals surface area contributed by atoms with E-state index in [2.05, 4.69) is 78.9 Å². The molecule has 0 amide bonds. The number of carbonyl (C=O) groups is 1. The number of aryl methyl sites for hydroxylation is 4. The summed E-state index contributed by atoms with van der Waals surface area (Å²) < 4.78 is 140. The number of methoxy groups -OCH3 is 5. The molecule has 19 nitrogen and oxygen atoms in total. The summed E-state index contributed by atoms with van der Waals surface area (Å²) in [5.41, 5.74) is 7.89. The zero-order valence-electron chi connectivity index (χ0n) is 91.9. The van der Waals surface area contributed by atoms with Gasteiger partial charge in [-0.2, -0.15) is 0 Å². The molecule has 0 bridgehead atoms. The number of nitrogens with zero attached hydrogens (tertiary/aromatic N) is 5. The van der Waals surface area contributed by atoms with E-state index in [1.54, 1.807) is 80.9 Å². The molecule has 4 unspecified atom stereocenters. The maximum absolute atomic E-state index is 11.2. The van der Waals surface area contributed by atoms with Crippen molar-refractivity contribution in [3.05, 3.63) is 232 Å². The number of hydrogen-bond acceptors (Lipinski definition) is 24. The third-order valence-electron chi connectivity index (χ3n) is 31.0. The molecule has 10 aromatic rings. The predicted octanol–water partition coefficient (Wildman–Crippen LogP) is 25.9. The first-order chi connectivity index (χ1) is 71.1. The summed E-state index contributed by atoms with van der Waals surface area (Å²) >= 11 is 8.61. The SMILES string of the molecule is COc1ccsc1CCCC[C@@]1(c2ccccn2)CCOC2(CCCC2)C1.COc1ccsc1CN.O=CC[C@@]1(c2ccccn2)CCOC2(CCCC2)C1.[2H]C1([2H])CC2(CC1([2H])O)C[C@](CCCCc1sccc1OC)(c1ccccn1)CCO2.[2H]C1([2H])CC2(CC1([2H])O)C[C@](CCCCc1sccc1OC)(c1ccccn1)CCO2.[2H]C1([2H])CC2(CC1([2H])[2H])C[C@](CCCCc1sccc1OC)(c1ccccn1)CCO2. The van der Waals surface area contributed by atoms with E-state index < -0.39 is 54.5 Å². The van der Waals surface area contributed by atoms with Crippen molar-refractivity contribution in [3.63, 3.8) is 0 Å². The standard InChI is InChI=1S/2C23H31NO3S.2C23H31NO2S.C16H21NO2.C6H9NOS/c2*1-26-19-9-15-28-20(19)6-2-4-10-22(21-7-3-5-13-24-21)12-14-27-23(17-22)11-8-18(25)16-23;2*1-25-19-10-17-27-20(19)8-2-4-11-22(21-9-3-7-15-24-21)14-16-26-23(18-22)12-5-6-13-23;18-11-8-15(14-5-1-4-10-17-14)9-12-19-16(13-15)6-2-3-7-16;1-8-5-2-3-9-6(5)4-7/h2*3,5,7,9,13,15,18,25H,2,4,6,8,10-12,14,16-17H2,1H3;2*3,7,9-10,15,17H,2,4-6,8,11-14,16,18H2,1H3;1,4-5,10-11H,2-3,6-9,12-13H2;2-3H,4,7H2,1H3/t2*18?,22-,23?;2*22-;15-;/m11111./s1/i2*8D2,18D;5D2,6D2;;;. The fraction of sp³-hybridized carbons (Fsp3) is 0.596. The molecule has 24 heteroatoms. The minimum Gasteiger partial charge on any atom is -0.496 e. The second-order valence-electron chi connectivity index (χ2n) is 39.8. The van der Waals surface area contributed by atoms with Crippen molar-refractivity contribution < 1.29 is 76.1 Å². The van der Waals surface area contributed by atoms with E-state index in [9.17, 15) is 15.0 Å². The third kappa shape index (κ3) is 26.8. The van der Waals surface area contributed by atoms with Gasteiger partial charge in [0.1, 0.15) is 35.0 Å². The van der Waals surface area contributed by atoms with Crippen LogP contribution in [0.4, 0.5) is 0 Å². The van der Waals surface area contributed by atoms with Crippen molar-refractivity contribution >= 4 is 63.0 Å². The number of unbranched alkanes of at least 4 members (excludes halogenated alkanes) is 4. The van der Waals surface area contributed by atoms with Crippen LogP contribution in [-0.4, -0.2) is 150 Å². The van der Waals surface area contributed by atoms with Crippen LogP contribution >= 0.6 is 56.7 Å². The Kier molecular flexibility index (Phi) is 33.7. The van der Waals surface area contributed by atoms with Crippen LogP contribution in [0.25, 0.3) is 0 Å². The largest absolute Gasteiger partial charge is 0.496 e. The summed E-state index contributed by atoms with van der Waals surface area (Å²) in [7, 11) is 8.54. The summed E-state index contributed by atoms with van der Waals surface area (Å²) in [5, 5.41) is 31.2. The molecule has 0 aromatic carbocycles. The minimum atomic E-state index is -2.13. The van der Waals surface area contributed by atoms with Gasteiger partial charge in [-0.1, -0.05) is 94.4 Å². The number of aliphatic hydroxyl groups is 2. The Bertz CT molecular complexity index is 5330. The number of carbonyl (C=O) groups excluding carboxylic acids is 1. The van der Waals surface area contributed by atoms with Crippen molar-refractivity contribution in [2.24, 2.45) is 5.73 Å². The molecule has 9 atom stereocenters. The summed E-state index contributed by atoms with van der Waals surface area (Å²) in [5.74, 6) is 4.83. The molecule has 138 heavy (non-hydrogen) atoms. The number of hydrogen-bond donors (Lipinski definition) is 3. The van der Waals surface area contributed by atoms with Gasteiger partial charge in [0.15, 0.2) is 0 Å². The van der Waals surface area contributed by atoms with Crippen LogP contribution in [0.1, 0.15) is 330 Å². The summed E-state index contributed by atoms with van der Waals surface area (Å²) in [6, 6.07) is 40.4. The molecule has 5 aliphatic heterocycles. The van der Waals surface area contributed by atoms with Crippen molar-refractivity contribution in [1.82, 2.24) is 24.9 Å². The monoisotopic (exact) mass is 1990 g/mol. The van der Waals surface area contributed by atoms with Gasteiger partial charge in [-0.15, -0.1) is 56.7 Å². The molecule has 5 spiro atoms. The third-order valence-corrected chi connectivity index (χ3v) is 35.8. The highest BCUT2D eigenvalue weighted by Crippen LogP contribution is 2.57. The zero-order chi connectivity index (χ0) is 105. The van der Waals surface area contributed by atoms with Crippen LogP contribution < -0.4 is 29.4 Å². The van der Waals surface area contributed by atoms with E-state index in [-0.39, 0.29) is 76.8 Å². The molecule has 4 N–H and O–H groups in total. The quantitative estimate of drug-likeness (QED) is 0.0256. The van der Waals surface area contributed by atoms with Crippen molar-refractivity contribution in [2.75, 3.05) is 68.6 Å². The molecule has 5 saturated carbocycles. The predicted molar refractivity (Wildman–Crippen MR) is 557 cm³/mol. The lowest BCUT2D eigenvalue weighted by molar-refractivity contribution is -0.118. The molecule has 10 fully saturated rings. The highest BCUT2D eigenvalue weighted by molar-refractivity contribution is 7.11. The smallest absolute Gasteiger partial charge is 0.134 e. The van der Waals surface area contributed by atoms with Gasteiger partial charge in [0.2, 0.25) is 0 Å². The van der Waals surface area contributed by atoms with Gasteiger partial charge >= 0.3 is 0 Å². The fourth-order valence-electron chi connectivity index (χ4n) is 24.1. The maximum Gasteiger partial charge on any atom is 0.134 e. The Hall–Kier alpha value is -7.40. The molecule has 5 aliphatic carbocycles. The molecule has 10 aromatic heterocycles. The number of aldehydes is 1. The van der Waals surface area contributed by atoms with Gasteiger partial charge in [-0.05, 0) is 323 Å². The van der Waals surface area contributed by atoms with Crippen LogP contribution in [0.15, 0.2) is 179 Å². The number of nitrogens with two attached hydrogens (primary N) is 1. The van der Waals surface area contributed by atoms with E-state index in [1.807, 2.05) is 127 Å². The minimum absolute atomic E-state index is 0.00597. The van der Waals surface area contributed by atoms with Gasteiger partial charge < -0.3 is 68.1 Å². The number of thiophene rings is 5. The topological polar surface area (TPSA) is 240 Å². The Labute approximate surface area is 856 Å². The van der Waals surface area contributed by atoms with Crippen molar-refractivity contribution in [1.29, 1.82) is 0 Å². The van der Waals surface area contributed by atoms with Crippen LogP contribution in [0.5, 0.6) is 28.7 Å². The second-order valence-corrected chi connectivity index (χ2v) is 44.8. The molecule has 15 heterocycles. The highest BCUT2D eigenvalue weighted by Gasteiger charge is 2.55. The van der Waals surface area contributed by atoms with E-state index in [1.165, 1.54) is 83.0 Å². The van der Waals surface area contributed by atoms with E-state index in [4.69, 9.17) is 76.8 Å². The highest BCUT2D eigenvalue weighted by atomic mass is 32.1. The Morgan fingerprint density at radius 1 is 0.355 bits per heavy atom. The zero-order valence-corrected chi connectivity index (χ0v) is 86.0. The average molecular weight is 1990 g/mol. The molecule has 748 valence electrons. The lowest BCUT2D eigenvalue weighted by Gasteiger charge is -2.46. The molecular formula is C114H154N6O13S5. The fourth-order valence-corrected chi connectivity index (χ4v) is 28.3. The van der Waals surface area contributed by atoms with E-state index >= 15 is 0 Å². The Morgan fingerprint density at radius 3 is 0.877 bits per heavy atom. The average Bonchev–Trinajstić information content (AvgIpc) is 1.58. The van der Waals surface area contributed by atoms with Gasteiger partial charge in [0.25, 0.3) is 0 Å². The molecule has 10 aliphatic rings. The normalized spacial score (nSPS) is 30.0. The van der Waals surface area contributed by atoms with E-state index in [0.717, 1.165) is 217 Å². The van der Waals surface area contributed by atoms with E-state index in [0.29, 0.717) is 52.0 Å². The first-order valence-corrected chi connectivity index (χ1v) is 54.8. The second kappa shape index (κ2) is 50.7. The maximum atomic E-state index is 11.2. The molecule has 20 rings (SSSR count). The first kappa shape index (κ1) is 91.8. The van der Waals surface area contributed by atoms with Crippen LogP contribution in [0, 0.1) is 0 Å². The van der Waals surface area contributed by atoms with Crippen LogP contribution in [-0.2, 0) is 87.8 Å². The van der Waals surface area contributed by atoms with Gasteiger partial charge in [0.05, 0.1) is 83.3 Å². The Morgan fingerprint density at radius 2 is 0.616 bits per heavy atom. The number of ether oxygens (including phenoxy) is 10. The summed E-state index contributed by atoms with van der Waals surface area (Å²) in [6.07, 6.45) is 34.0.